The van der Waals surface area contributed by atoms with E-state index >= 15 is 0 Å². The van der Waals surface area contributed by atoms with E-state index in [1.54, 1.807) is 0 Å². The molecule has 0 aliphatic heterocycles. The normalized spacial score (nSPS) is 22.3. The highest BCUT2D eigenvalue weighted by atomic mass is 35.5. The average molecular weight is 280 g/mol. The summed E-state index contributed by atoms with van der Waals surface area (Å²) < 4.78 is 0. The zero-order chi connectivity index (χ0) is 12.8. The Hall–Kier alpha value is 0.170. The van der Waals surface area contributed by atoms with E-state index in [1.165, 1.54) is 19.3 Å². The van der Waals surface area contributed by atoms with Gasteiger partial charge in [0, 0.05) is 6.04 Å². The zero-order valence-corrected chi connectivity index (χ0v) is 12.5. The van der Waals surface area contributed by atoms with Crippen molar-refractivity contribution < 1.29 is 10.2 Å². The van der Waals surface area contributed by atoms with E-state index in [9.17, 15) is 10.2 Å². The lowest BCUT2D eigenvalue weighted by Gasteiger charge is -2.31. The van der Waals surface area contributed by atoms with Crippen LogP contribution in [-0.4, -0.2) is 28.5 Å². The van der Waals surface area contributed by atoms with Gasteiger partial charge < -0.3 is 15.9 Å². The Bertz CT molecular complexity index is 208. The Kier molecular flexibility index (Phi) is 9.22. The summed E-state index contributed by atoms with van der Waals surface area (Å²) in [7, 11) is 0. The number of nitrogens with two attached hydrogens (primary N) is 1. The van der Waals surface area contributed by atoms with Crippen molar-refractivity contribution in [3.63, 3.8) is 0 Å². The summed E-state index contributed by atoms with van der Waals surface area (Å²) >= 11 is 0. The van der Waals surface area contributed by atoms with Gasteiger partial charge in [-0.25, -0.2) is 0 Å². The van der Waals surface area contributed by atoms with Crippen LogP contribution in [0.5, 0.6) is 0 Å². The Morgan fingerprint density at radius 3 is 2.11 bits per heavy atom. The summed E-state index contributed by atoms with van der Waals surface area (Å²) in [5.74, 6) is 0.828. The van der Waals surface area contributed by atoms with E-state index in [4.69, 9.17) is 5.73 Å². The van der Waals surface area contributed by atoms with E-state index in [1.807, 2.05) is 0 Å². The molecule has 3 atom stereocenters. The zero-order valence-electron chi connectivity index (χ0n) is 11.7. The van der Waals surface area contributed by atoms with Crippen molar-refractivity contribution in [3.8, 4) is 0 Å². The molecular formula is C14H30ClNO2. The van der Waals surface area contributed by atoms with Crippen LogP contribution in [0.25, 0.3) is 0 Å². The molecule has 0 spiro atoms. The van der Waals surface area contributed by atoms with Crippen molar-refractivity contribution in [2.45, 2.75) is 77.0 Å². The van der Waals surface area contributed by atoms with Gasteiger partial charge in [-0.1, -0.05) is 33.1 Å². The number of rotatable bonds is 6. The molecule has 1 aliphatic carbocycles. The molecule has 3 nitrogen and oxygen atoms in total. The molecule has 1 fully saturated rings. The van der Waals surface area contributed by atoms with Crippen LogP contribution in [0.1, 0.15) is 58.8 Å². The molecule has 1 aliphatic rings. The first-order valence-corrected chi connectivity index (χ1v) is 7.12. The molecule has 4 heteroatoms. The standard InChI is InChI=1S/C14H29NO2.ClH/c1-10(2)8-12(16)9-13(15)14(17)11-6-4-3-5-7-11;/h10-14,16-17H,3-9,15H2,1-2H3;1H. The van der Waals surface area contributed by atoms with Crippen LogP contribution in [0, 0.1) is 11.8 Å². The Labute approximate surface area is 118 Å². The number of aliphatic hydroxyl groups is 2. The summed E-state index contributed by atoms with van der Waals surface area (Å²) in [6, 6.07) is -0.271. The number of hydrogen-bond acceptors (Lipinski definition) is 3. The van der Waals surface area contributed by atoms with E-state index in [-0.39, 0.29) is 24.6 Å². The molecular weight excluding hydrogens is 250 g/mol. The molecule has 0 radical (unpaired) electrons. The topological polar surface area (TPSA) is 66.5 Å². The molecule has 0 aromatic carbocycles. The molecule has 0 aromatic heterocycles. The van der Waals surface area contributed by atoms with E-state index in [0.717, 1.165) is 19.3 Å². The first kappa shape index (κ1) is 18.2. The third kappa shape index (κ3) is 6.37. The minimum Gasteiger partial charge on any atom is -0.393 e. The summed E-state index contributed by atoms with van der Waals surface area (Å²) in [4.78, 5) is 0. The number of hydrogen-bond donors (Lipinski definition) is 3. The molecule has 3 unspecified atom stereocenters. The predicted molar refractivity (Wildman–Crippen MR) is 77.9 cm³/mol. The Morgan fingerprint density at radius 2 is 1.61 bits per heavy atom. The molecule has 0 amide bonds. The fourth-order valence-electron chi connectivity index (χ4n) is 2.92. The summed E-state index contributed by atoms with van der Waals surface area (Å²) in [6.45, 7) is 4.18. The van der Waals surface area contributed by atoms with Gasteiger partial charge >= 0.3 is 0 Å². The summed E-state index contributed by atoms with van der Waals surface area (Å²) in [5.41, 5.74) is 6.01. The molecule has 0 bridgehead atoms. The highest BCUT2D eigenvalue weighted by molar-refractivity contribution is 5.85. The van der Waals surface area contributed by atoms with E-state index < -0.39 is 6.10 Å². The van der Waals surface area contributed by atoms with Gasteiger partial charge in [-0.2, -0.15) is 0 Å². The second-order valence-corrected chi connectivity index (χ2v) is 6.07. The third-order valence-corrected chi connectivity index (χ3v) is 3.86. The molecule has 110 valence electrons. The third-order valence-electron chi connectivity index (χ3n) is 3.86. The van der Waals surface area contributed by atoms with Gasteiger partial charge in [-0.15, -0.1) is 12.4 Å². The number of halogens is 1. The Balaban J connectivity index is 0.00000289. The first-order chi connectivity index (χ1) is 8.00. The molecule has 18 heavy (non-hydrogen) atoms. The highest BCUT2D eigenvalue weighted by Gasteiger charge is 2.28. The molecule has 1 saturated carbocycles. The van der Waals surface area contributed by atoms with Gasteiger partial charge in [-0.3, -0.25) is 0 Å². The fraction of sp³-hybridized carbons (Fsp3) is 1.00. The second-order valence-electron chi connectivity index (χ2n) is 6.07. The van der Waals surface area contributed by atoms with Gasteiger partial charge in [0.15, 0.2) is 0 Å². The van der Waals surface area contributed by atoms with Crippen LogP contribution in [0.2, 0.25) is 0 Å². The lowest BCUT2D eigenvalue weighted by molar-refractivity contribution is 0.0371. The lowest BCUT2D eigenvalue weighted by Crippen LogP contribution is -2.43. The van der Waals surface area contributed by atoms with Crippen molar-refractivity contribution in [1.29, 1.82) is 0 Å². The predicted octanol–water partition coefficient (Wildman–Crippen LogP) is 2.47. The van der Waals surface area contributed by atoms with Gasteiger partial charge in [0.2, 0.25) is 0 Å². The van der Waals surface area contributed by atoms with Crippen molar-refractivity contribution in [1.82, 2.24) is 0 Å². The van der Waals surface area contributed by atoms with Crippen molar-refractivity contribution in [3.05, 3.63) is 0 Å². The quantitative estimate of drug-likeness (QED) is 0.700. The van der Waals surface area contributed by atoms with Crippen LogP contribution in [0.15, 0.2) is 0 Å². The van der Waals surface area contributed by atoms with Crippen molar-refractivity contribution >= 4 is 12.4 Å². The smallest absolute Gasteiger partial charge is 0.0720 e. The Morgan fingerprint density at radius 1 is 1.06 bits per heavy atom. The minimum absolute atomic E-state index is 0. The van der Waals surface area contributed by atoms with Gasteiger partial charge in [-0.05, 0) is 37.5 Å². The van der Waals surface area contributed by atoms with Crippen molar-refractivity contribution in [2.75, 3.05) is 0 Å². The van der Waals surface area contributed by atoms with Gasteiger partial charge in [0.1, 0.15) is 0 Å². The molecule has 4 N–H and O–H groups in total. The van der Waals surface area contributed by atoms with Crippen LogP contribution in [-0.2, 0) is 0 Å². The largest absolute Gasteiger partial charge is 0.393 e. The van der Waals surface area contributed by atoms with E-state index in [2.05, 4.69) is 13.8 Å². The summed E-state index contributed by atoms with van der Waals surface area (Å²) in [6.07, 6.45) is 6.38. The molecule has 1 rings (SSSR count). The first-order valence-electron chi connectivity index (χ1n) is 7.12. The minimum atomic E-state index is -0.433. The van der Waals surface area contributed by atoms with Gasteiger partial charge in [0.05, 0.1) is 12.2 Å². The molecule has 0 saturated heterocycles. The van der Waals surface area contributed by atoms with Crippen LogP contribution >= 0.6 is 12.4 Å². The van der Waals surface area contributed by atoms with Crippen LogP contribution < -0.4 is 5.73 Å². The average Bonchev–Trinajstić information content (AvgIpc) is 2.28. The van der Waals surface area contributed by atoms with Crippen molar-refractivity contribution in [2.24, 2.45) is 17.6 Å². The van der Waals surface area contributed by atoms with Crippen LogP contribution in [0.4, 0.5) is 0 Å². The van der Waals surface area contributed by atoms with Gasteiger partial charge in [0.25, 0.3) is 0 Å². The van der Waals surface area contributed by atoms with E-state index in [0.29, 0.717) is 18.3 Å². The molecule has 0 heterocycles. The highest BCUT2D eigenvalue weighted by Crippen LogP contribution is 2.28. The fourth-order valence-corrected chi connectivity index (χ4v) is 2.92. The maximum atomic E-state index is 10.2. The lowest BCUT2D eigenvalue weighted by atomic mass is 9.81. The molecule has 0 aromatic rings. The maximum Gasteiger partial charge on any atom is 0.0720 e. The number of aliphatic hydroxyl groups excluding tert-OH is 2. The SMILES string of the molecule is CC(C)CC(O)CC(N)C(O)C1CCCCC1.Cl. The summed E-state index contributed by atoms with van der Waals surface area (Å²) in [5, 5.41) is 20.0. The maximum absolute atomic E-state index is 10.2. The second kappa shape index (κ2) is 9.13. The van der Waals surface area contributed by atoms with Crippen LogP contribution in [0.3, 0.4) is 0 Å². The monoisotopic (exact) mass is 279 g/mol.